The van der Waals surface area contributed by atoms with Gasteiger partial charge in [-0.05, 0) is 44.0 Å². The molecule has 38 heavy (non-hydrogen) atoms. The van der Waals surface area contributed by atoms with E-state index in [0.29, 0.717) is 30.2 Å². The van der Waals surface area contributed by atoms with Crippen molar-refractivity contribution in [1.82, 2.24) is 9.80 Å². The van der Waals surface area contributed by atoms with Gasteiger partial charge in [-0.25, -0.2) is 0 Å². The van der Waals surface area contributed by atoms with Gasteiger partial charge in [-0.1, -0.05) is 46.6 Å². The van der Waals surface area contributed by atoms with Crippen molar-refractivity contribution in [3.63, 3.8) is 0 Å². The molecular formula is C28H35BrClN3O4S. The first-order chi connectivity index (χ1) is 18.2. The molecule has 3 unspecified atom stereocenters. The zero-order chi connectivity index (χ0) is 27.8. The zero-order valence-corrected chi connectivity index (χ0v) is 24.9. The second kappa shape index (κ2) is 11.7. The fourth-order valence-electron chi connectivity index (χ4n) is 6.34. The molecule has 1 N–H and O–H groups in total. The number of hydrogen-bond acceptors (Lipinski definition) is 5. The summed E-state index contributed by atoms with van der Waals surface area (Å²) < 4.78 is -0.797. The number of aliphatic hydroxyl groups is 1. The molecule has 3 saturated heterocycles. The van der Waals surface area contributed by atoms with Crippen LogP contribution in [-0.4, -0.2) is 85.8 Å². The molecule has 7 atom stereocenters. The lowest BCUT2D eigenvalue weighted by molar-refractivity contribution is -0.145. The van der Waals surface area contributed by atoms with Gasteiger partial charge in [0.1, 0.15) is 6.04 Å². The molecule has 3 aliphatic rings. The molecule has 206 valence electrons. The molecule has 0 aliphatic carbocycles. The molecule has 0 aromatic heterocycles. The number of carbonyl (C=O) groups excluding carboxylic acids is 3. The van der Waals surface area contributed by atoms with E-state index >= 15 is 0 Å². The van der Waals surface area contributed by atoms with E-state index in [-0.39, 0.29) is 41.0 Å². The highest BCUT2D eigenvalue weighted by atomic mass is 79.9. The molecule has 3 aliphatic heterocycles. The largest absolute Gasteiger partial charge is 0.394 e. The number of thioether (sulfide) groups is 1. The summed E-state index contributed by atoms with van der Waals surface area (Å²) in [7, 11) is 0. The average molecular weight is 625 g/mol. The monoisotopic (exact) mass is 623 g/mol. The number of rotatable bonds is 11. The Morgan fingerprint density at radius 2 is 1.92 bits per heavy atom. The fourth-order valence-corrected chi connectivity index (χ4v) is 10.1. The minimum Gasteiger partial charge on any atom is -0.394 e. The van der Waals surface area contributed by atoms with Gasteiger partial charge in [0.25, 0.3) is 5.91 Å². The molecule has 3 amide bonds. The Hall–Kier alpha value is -1.81. The second-order valence-corrected chi connectivity index (χ2v) is 13.4. The summed E-state index contributed by atoms with van der Waals surface area (Å²) in [6.45, 7) is 12.3. The third-order valence-corrected chi connectivity index (χ3v) is 11.3. The average Bonchev–Trinajstić information content (AvgIpc) is 3.50. The maximum Gasteiger partial charge on any atom is 0.251 e. The summed E-state index contributed by atoms with van der Waals surface area (Å²) in [5.74, 6) is -1.77. The van der Waals surface area contributed by atoms with E-state index in [1.54, 1.807) is 69.8 Å². The Bertz CT molecular complexity index is 1100. The van der Waals surface area contributed by atoms with Crippen molar-refractivity contribution in [2.45, 2.75) is 53.6 Å². The van der Waals surface area contributed by atoms with Gasteiger partial charge in [-0.2, -0.15) is 0 Å². The van der Waals surface area contributed by atoms with Crippen LogP contribution in [-0.2, 0) is 14.4 Å². The van der Waals surface area contributed by atoms with Crippen molar-refractivity contribution in [3.8, 4) is 0 Å². The lowest BCUT2D eigenvalue weighted by Crippen LogP contribution is -2.57. The van der Waals surface area contributed by atoms with Gasteiger partial charge in [0, 0.05) is 40.4 Å². The lowest BCUT2D eigenvalue weighted by atomic mass is 9.70. The molecule has 0 saturated carbocycles. The molecule has 7 nitrogen and oxygen atoms in total. The number of halogens is 2. The summed E-state index contributed by atoms with van der Waals surface area (Å²) in [5.41, 5.74) is 0.642. The number of nitrogens with zero attached hydrogens (tertiary/aromatic N) is 3. The van der Waals surface area contributed by atoms with Crippen LogP contribution in [0.3, 0.4) is 0 Å². The third-order valence-electron chi connectivity index (χ3n) is 7.86. The highest BCUT2D eigenvalue weighted by Crippen LogP contribution is 2.68. The number of benzene rings is 1. The highest BCUT2D eigenvalue weighted by molar-refractivity contribution is 9.09. The molecule has 1 aromatic carbocycles. The summed E-state index contributed by atoms with van der Waals surface area (Å²) in [6.07, 6.45) is 4.72. The van der Waals surface area contributed by atoms with E-state index in [0.717, 1.165) is 6.42 Å². The molecule has 1 spiro atoms. The molecule has 3 heterocycles. The lowest BCUT2D eigenvalue weighted by Gasteiger charge is -2.39. The van der Waals surface area contributed by atoms with Gasteiger partial charge in [-0.3, -0.25) is 14.4 Å². The molecule has 10 heteroatoms. The fraction of sp³-hybridized carbons (Fsp3) is 0.536. The number of fused-ring (bicyclic) bond motifs is 1. The van der Waals surface area contributed by atoms with Crippen LogP contribution in [0.4, 0.5) is 5.69 Å². The van der Waals surface area contributed by atoms with E-state index in [2.05, 4.69) is 29.1 Å². The Balaban J connectivity index is 1.81. The van der Waals surface area contributed by atoms with Crippen LogP contribution in [0.15, 0.2) is 49.6 Å². The van der Waals surface area contributed by atoms with Crippen molar-refractivity contribution in [1.29, 1.82) is 0 Å². The SMILES string of the molecule is C=CCN(CCC)C(=O)[C@H]1[C@@H]2SC3(CC2Br)C(C(=O)N(CC=C)c2ccc(Cl)cc2)N([C@H](C)CO)C(=O)[C@H]13. The molecule has 0 radical (unpaired) electrons. The van der Waals surface area contributed by atoms with E-state index in [9.17, 15) is 19.5 Å². The molecule has 1 aromatic rings. The van der Waals surface area contributed by atoms with Crippen LogP contribution >= 0.6 is 39.3 Å². The van der Waals surface area contributed by atoms with Gasteiger partial charge >= 0.3 is 0 Å². The predicted octanol–water partition coefficient (Wildman–Crippen LogP) is 4.13. The first-order valence-corrected chi connectivity index (χ1v) is 15.2. The van der Waals surface area contributed by atoms with Crippen molar-refractivity contribution < 1.29 is 19.5 Å². The molecule has 2 bridgehead atoms. The summed E-state index contributed by atoms with van der Waals surface area (Å²) in [4.78, 5) is 47.5. The maximum atomic E-state index is 14.5. The normalized spacial score (nSPS) is 30.2. The number of hydrogen-bond donors (Lipinski definition) is 1. The standard InChI is InChI=1S/C28H35BrClN3O4S/c1-5-12-31(13-6-2)25(35)21-22-26(36)33(17(4)16-34)24(28(22)15-20(29)23(21)38-28)27(37)32(14-7-3)19-10-8-18(30)9-11-19/h5,7-11,17,20-24,34H,1,3,6,12-16H2,2,4H3/t17-,20?,21-,22+,23-,24?,28?/m1/s1. The van der Waals surface area contributed by atoms with Crippen molar-refractivity contribution in [3.05, 3.63) is 54.6 Å². The van der Waals surface area contributed by atoms with Crippen LogP contribution in [0.2, 0.25) is 5.02 Å². The highest BCUT2D eigenvalue weighted by Gasteiger charge is 2.76. The number of carbonyl (C=O) groups is 3. The molecule has 4 rings (SSSR count). The third kappa shape index (κ3) is 4.73. The van der Waals surface area contributed by atoms with E-state index < -0.39 is 28.7 Å². The maximum absolute atomic E-state index is 14.5. The minimum atomic E-state index is -0.843. The summed E-state index contributed by atoms with van der Waals surface area (Å²) in [6, 6.07) is 5.55. The van der Waals surface area contributed by atoms with Crippen LogP contribution in [0.5, 0.6) is 0 Å². The van der Waals surface area contributed by atoms with E-state index in [1.807, 2.05) is 6.92 Å². The van der Waals surface area contributed by atoms with Crippen molar-refractivity contribution in [2.75, 3.05) is 31.1 Å². The minimum absolute atomic E-state index is 0.0271. The van der Waals surface area contributed by atoms with Gasteiger partial charge in [0.05, 0.1) is 29.2 Å². The smallest absolute Gasteiger partial charge is 0.251 e. The quantitative estimate of drug-likeness (QED) is 0.296. The van der Waals surface area contributed by atoms with Gasteiger partial charge in [-0.15, -0.1) is 24.9 Å². The van der Waals surface area contributed by atoms with Gasteiger partial charge < -0.3 is 19.8 Å². The zero-order valence-electron chi connectivity index (χ0n) is 21.8. The number of anilines is 1. The molecular weight excluding hydrogens is 590 g/mol. The number of alkyl halides is 1. The number of amides is 3. The van der Waals surface area contributed by atoms with Crippen molar-refractivity contribution >= 4 is 62.7 Å². The topological polar surface area (TPSA) is 81.2 Å². The first kappa shape index (κ1) is 29.2. The van der Waals surface area contributed by atoms with Crippen LogP contribution < -0.4 is 4.90 Å². The van der Waals surface area contributed by atoms with Crippen LogP contribution in [0.1, 0.15) is 26.7 Å². The Labute approximate surface area is 242 Å². The number of likely N-dealkylation sites (tertiary alicyclic amines) is 1. The predicted molar refractivity (Wildman–Crippen MR) is 157 cm³/mol. The summed E-state index contributed by atoms with van der Waals surface area (Å²) in [5, 5.41) is 10.6. The van der Waals surface area contributed by atoms with Gasteiger partial charge in [0.2, 0.25) is 11.8 Å². The Morgan fingerprint density at radius 1 is 1.26 bits per heavy atom. The van der Waals surface area contributed by atoms with Gasteiger partial charge in [0.15, 0.2) is 0 Å². The molecule has 3 fully saturated rings. The van der Waals surface area contributed by atoms with Crippen LogP contribution in [0, 0.1) is 11.8 Å². The Morgan fingerprint density at radius 3 is 2.50 bits per heavy atom. The number of aliphatic hydroxyl groups excluding tert-OH is 1. The van der Waals surface area contributed by atoms with E-state index in [1.165, 1.54) is 0 Å². The Kier molecular flexibility index (Phi) is 9.02. The van der Waals surface area contributed by atoms with E-state index in [4.69, 9.17) is 11.6 Å². The summed E-state index contributed by atoms with van der Waals surface area (Å²) >= 11 is 11.5. The first-order valence-electron chi connectivity index (χ1n) is 13.0. The van der Waals surface area contributed by atoms with Crippen LogP contribution in [0.25, 0.3) is 0 Å². The second-order valence-electron chi connectivity index (χ2n) is 10.2. The van der Waals surface area contributed by atoms with Crippen molar-refractivity contribution in [2.24, 2.45) is 11.8 Å².